The Labute approximate surface area is 287 Å². The average molecular weight is 656 g/mol. The molecule has 2 aliphatic rings. The number of amides is 1. The number of nitrogens with zero attached hydrogens (tertiary/aromatic N) is 2. The Morgan fingerprint density at radius 1 is 0.917 bits per heavy atom. The summed E-state index contributed by atoms with van der Waals surface area (Å²) in [6.07, 6.45) is 7.05. The molecule has 0 aliphatic carbocycles. The molecule has 48 heavy (non-hydrogen) atoms. The van der Waals surface area contributed by atoms with Crippen molar-refractivity contribution in [3.05, 3.63) is 83.4 Å². The maximum atomic E-state index is 13.7. The van der Waals surface area contributed by atoms with Crippen LogP contribution in [0.5, 0.6) is 5.75 Å². The van der Waals surface area contributed by atoms with Gasteiger partial charge in [0, 0.05) is 69.1 Å². The molecular weight excluding hydrogens is 602 g/mol. The van der Waals surface area contributed by atoms with Gasteiger partial charge in [-0.1, -0.05) is 43.7 Å². The average Bonchev–Trinajstić information content (AvgIpc) is 3.30. The van der Waals surface area contributed by atoms with E-state index >= 15 is 0 Å². The lowest BCUT2D eigenvalue weighted by atomic mass is 10.00. The first-order valence-corrected chi connectivity index (χ1v) is 17.7. The van der Waals surface area contributed by atoms with E-state index in [9.17, 15) is 4.79 Å². The van der Waals surface area contributed by atoms with E-state index < -0.39 is 0 Å². The van der Waals surface area contributed by atoms with Crippen LogP contribution >= 0.6 is 0 Å². The Morgan fingerprint density at radius 2 is 1.69 bits per heavy atom. The van der Waals surface area contributed by atoms with Gasteiger partial charge >= 0.3 is 0 Å². The molecule has 5 rings (SSSR count). The van der Waals surface area contributed by atoms with Gasteiger partial charge in [0.1, 0.15) is 12.4 Å². The van der Waals surface area contributed by atoms with E-state index in [4.69, 9.17) is 18.9 Å². The van der Waals surface area contributed by atoms with Crippen LogP contribution in [0.15, 0.2) is 72.3 Å². The Bertz CT molecular complexity index is 1450. The number of rotatable bonds is 17. The number of unbranched alkanes of at least 4 members (excludes halogenated alkanes) is 1. The Kier molecular flexibility index (Phi) is 13.9. The van der Waals surface area contributed by atoms with Crippen molar-refractivity contribution in [1.29, 1.82) is 0 Å². The molecule has 0 aromatic heterocycles. The monoisotopic (exact) mass is 655 g/mol. The largest absolute Gasteiger partial charge is 0.491 e. The predicted molar refractivity (Wildman–Crippen MR) is 195 cm³/mol. The second-order valence-corrected chi connectivity index (χ2v) is 12.6. The molecule has 0 bridgehead atoms. The second-order valence-electron chi connectivity index (χ2n) is 12.6. The highest BCUT2D eigenvalue weighted by Crippen LogP contribution is 2.33. The number of hydrogen-bond donors (Lipinski definition) is 1. The molecule has 258 valence electrons. The van der Waals surface area contributed by atoms with Crippen molar-refractivity contribution in [3.8, 4) is 16.9 Å². The van der Waals surface area contributed by atoms with Crippen molar-refractivity contribution in [2.45, 2.75) is 58.5 Å². The molecule has 3 aromatic carbocycles. The molecule has 0 unspecified atom stereocenters. The fourth-order valence-corrected chi connectivity index (χ4v) is 6.26. The minimum atomic E-state index is -0.0646. The van der Waals surface area contributed by atoms with Crippen LogP contribution in [0.25, 0.3) is 17.2 Å². The van der Waals surface area contributed by atoms with Crippen molar-refractivity contribution < 1.29 is 23.7 Å². The standard InChI is InChI=1S/C40H53N3O5/c1-4-6-22-46-26-27-48-38-14-9-32(10-15-38)33-11-16-39-35(28-33)29-34(17-20-43(39)21-25-45-5-2)40(44)41-36-12-7-31(8-13-36)30-42(3)37-18-23-47-24-19-37/h7-16,28-29,37H,4-6,17-27,30H2,1-3H3,(H,41,44). The summed E-state index contributed by atoms with van der Waals surface area (Å²) in [5, 5.41) is 3.16. The van der Waals surface area contributed by atoms with Crippen LogP contribution in [-0.2, 0) is 25.5 Å². The molecule has 8 nitrogen and oxygen atoms in total. The van der Waals surface area contributed by atoms with Gasteiger partial charge in [-0.25, -0.2) is 0 Å². The maximum absolute atomic E-state index is 13.7. The summed E-state index contributed by atoms with van der Waals surface area (Å²) >= 11 is 0. The van der Waals surface area contributed by atoms with Crippen LogP contribution in [0, 0.1) is 0 Å². The molecule has 1 saturated heterocycles. The zero-order valence-corrected chi connectivity index (χ0v) is 29.0. The van der Waals surface area contributed by atoms with Gasteiger partial charge in [0.05, 0.1) is 13.2 Å². The molecule has 8 heteroatoms. The third-order valence-electron chi connectivity index (χ3n) is 9.13. The number of anilines is 2. The highest BCUT2D eigenvalue weighted by atomic mass is 16.5. The molecular formula is C40H53N3O5. The number of ether oxygens (including phenoxy) is 4. The molecule has 0 saturated carbocycles. The highest BCUT2D eigenvalue weighted by molar-refractivity contribution is 6.07. The summed E-state index contributed by atoms with van der Waals surface area (Å²) in [6, 6.07) is 23.5. The third-order valence-corrected chi connectivity index (χ3v) is 9.13. The maximum Gasteiger partial charge on any atom is 0.251 e. The van der Waals surface area contributed by atoms with Crippen molar-refractivity contribution in [1.82, 2.24) is 4.90 Å². The van der Waals surface area contributed by atoms with E-state index in [2.05, 4.69) is 77.6 Å². The topological polar surface area (TPSA) is 72.5 Å². The molecule has 0 atom stereocenters. The summed E-state index contributed by atoms with van der Waals surface area (Å²) in [4.78, 5) is 18.4. The molecule has 2 aliphatic heterocycles. The Balaban J connectivity index is 1.26. The van der Waals surface area contributed by atoms with Gasteiger partial charge < -0.3 is 29.2 Å². The van der Waals surface area contributed by atoms with Crippen LogP contribution in [0.3, 0.4) is 0 Å². The zero-order valence-electron chi connectivity index (χ0n) is 29.0. The minimum Gasteiger partial charge on any atom is -0.491 e. The van der Waals surface area contributed by atoms with E-state index in [0.29, 0.717) is 38.9 Å². The van der Waals surface area contributed by atoms with Crippen molar-refractivity contribution in [2.75, 3.05) is 76.6 Å². The van der Waals surface area contributed by atoms with E-state index in [1.807, 2.05) is 31.2 Å². The lowest BCUT2D eigenvalue weighted by Crippen LogP contribution is -2.36. The normalized spacial score (nSPS) is 15.2. The summed E-state index contributed by atoms with van der Waals surface area (Å²) in [5.74, 6) is 0.762. The molecule has 1 amide bonds. The Hall–Kier alpha value is -3.69. The van der Waals surface area contributed by atoms with Crippen LogP contribution in [0.2, 0.25) is 0 Å². The zero-order chi connectivity index (χ0) is 33.6. The SMILES string of the molecule is CCCCOCCOc1ccc(-c2ccc3c(c2)C=C(C(=O)Nc2ccc(CN(C)C4CCOCC4)cc2)CCN3CCOCC)cc1. The lowest BCUT2D eigenvalue weighted by Gasteiger charge is -2.31. The molecule has 1 fully saturated rings. The van der Waals surface area contributed by atoms with Crippen LogP contribution < -0.4 is 15.0 Å². The van der Waals surface area contributed by atoms with Gasteiger partial charge in [-0.15, -0.1) is 0 Å². The van der Waals surface area contributed by atoms with E-state index in [1.165, 1.54) is 5.56 Å². The number of hydrogen-bond acceptors (Lipinski definition) is 7. The molecule has 2 heterocycles. The van der Waals surface area contributed by atoms with Crippen molar-refractivity contribution in [3.63, 3.8) is 0 Å². The first-order valence-electron chi connectivity index (χ1n) is 17.7. The summed E-state index contributed by atoms with van der Waals surface area (Å²) in [6.45, 7) is 11.5. The van der Waals surface area contributed by atoms with Crippen LogP contribution in [0.4, 0.5) is 11.4 Å². The van der Waals surface area contributed by atoms with E-state index in [0.717, 1.165) is 105 Å². The second kappa shape index (κ2) is 18.7. The van der Waals surface area contributed by atoms with Crippen LogP contribution in [0.1, 0.15) is 57.1 Å². The van der Waals surface area contributed by atoms with Crippen molar-refractivity contribution in [2.24, 2.45) is 0 Å². The number of fused-ring (bicyclic) bond motifs is 1. The van der Waals surface area contributed by atoms with Gasteiger partial charge in [0.2, 0.25) is 0 Å². The first-order chi connectivity index (χ1) is 23.5. The quantitative estimate of drug-likeness (QED) is 0.152. The van der Waals surface area contributed by atoms with Gasteiger partial charge in [-0.3, -0.25) is 9.69 Å². The smallest absolute Gasteiger partial charge is 0.251 e. The summed E-state index contributed by atoms with van der Waals surface area (Å²) in [7, 11) is 2.18. The van der Waals surface area contributed by atoms with E-state index in [-0.39, 0.29) is 5.91 Å². The first kappa shape index (κ1) is 35.6. The Morgan fingerprint density at radius 3 is 2.44 bits per heavy atom. The number of benzene rings is 3. The minimum absolute atomic E-state index is 0.0646. The number of carbonyl (C=O) groups is 1. The van der Waals surface area contributed by atoms with Crippen molar-refractivity contribution >= 4 is 23.4 Å². The number of nitrogens with one attached hydrogen (secondary N) is 1. The van der Waals surface area contributed by atoms with Gasteiger partial charge in [-0.05, 0) is 104 Å². The third kappa shape index (κ3) is 10.4. The molecule has 0 spiro atoms. The predicted octanol–water partition coefficient (Wildman–Crippen LogP) is 7.43. The molecule has 3 aromatic rings. The summed E-state index contributed by atoms with van der Waals surface area (Å²) in [5.41, 5.74) is 7.13. The fourth-order valence-electron chi connectivity index (χ4n) is 6.26. The lowest BCUT2D eigenvalue weighted by molar-refractivity contribution is -0.112. The number of carbonyl (C=O) groups excluding carboxylic acids is 1. The summed E-state index contributed by atoms with van der Waals surface area (Å²) < 4.78 is 22.7. The fraction of sp³-hybridized carbons (Fsp3) is 0.475. The molecule has 0 radical (unpaired) electrons. The van der Waals surface area contributed by atoms with Gasteiger partial charge in [-0.2, -0.15) is 0 Å². The molecule has 1 N–H and O–H groups in total. The van der Waals surface area contributed by atoms with E-state index in [1.54, 1.807) is 0 Å². The van der Waals surface area contributed by atoms with Crippen LogP contribution in [-0.4, -0.2) is 83.2 Å². The van der Waals surface area contributed by atoms with Gasteiger partial charge in [0.15, 0.2) is 0 Å². The highest BCUT2D eigenvalue weighted by Gasteiger charge is 2.21. The van der Waals surface area contributed by atoms with Gasteiger partial charge in [0.25, 0.3) is 5.91 Å².